The Morgan fingerprint density at radius 3 is 2.89 bits per heavy atom. The van der Waals surface area contributed by atoms with Gasteiger partial charge >= 0.3 is 0 Å². The standard InChI is InChI=1S/C21H32N4O3/c1-14(2)19-11-17(18-12-23-25(15(3)4)20(18)24-19)21(26)22-8-6-9-27-13-16-7-5-10-28-16/h11-12,14-16H,5-10,13H2,1-4H3,(H,22,26). The van der Waals surface area contributed by atoms with Crippen molar-refractivity contribution < 1.29 is 14.3 Å². The molecule has 1 aliphatic heterocycles. The van der Waals surface area contributed by atoms with E-state index in [-0.39, 0.29) is 24.0 Å². The number of hydrogen-bond donors (Lipinski definition) is 1. The molecule has 0 bridgehead atoms. The van der Waals surface area contributed by atoms with E-state index in [1.54, 1.807) is 6.20 Å². The zero-order valence-corrected chi connectivity index (χ0v) is 17.4. The average Bonchev–Trinajstić information content (AvgIpc) is 3.32. The summed E-state index contributed by atoms with van der Waals surface area (Å²) in [6, 6.07) is 2.08. The molecule has 1 aliphatic rings. The van der Waals surface area contributed by atoms with Crippen molar-refractivity contribution in [3.05, 3.63) is 23.5 Å². The van der Waals surface area contributed by atoms with Crippen molar-refractivity contribution >= 4 is 16.9 Å². The molecular formula is C21H32N4O3. The molecule has 1 N–H and O–H groups in total. The van der Waals surface area contributed by atoms with Crippen molar-refractivity contribution in [1.29, 1.82) is 0 Å². The van der Waals surface area contributed by atoms with E-state index >= 15 is 0 Å². The fourth-order valence-corrected chi connectivity index (χ4v) is 3.36. The fraction of sp³-hybridized carbons (Fsp3) is 0.667. The lowest BCUT2D eigenvalue weighted by molar-refractivity contribution is 0.0166. The number of amides is 1. The Labute approximate surface area is 166 Å². The second-order valence-electron chi connectivity index (χ2n) is 7.99. The zero-order valence-electron chi connectivity index (χ0n) is 17.4. The van der Waals surface area contributed by atoms with Gasteiger partial charge in [-0.25, -0.2) is 9.67 Å². The van der Waals surface area contributed by atoms with Crippen LogP contribution in [0.2, 0.25) is 0 Å². The predicted octanol–water partition coefficient (Wildman–Crippen LogP) is 3.45. The minimum atomic E-state index is -0.0864. The Balaban J connectivity index is 1.60. The lowest BCUT2D eigenvalue weighted by Crippen LogP contribution is -2.26. The SMILES string of the molecule is CC(C)c1cc(C(=O)NCCCOCC2CCCO2)c2cnn(C(C)C)c2n1. The van der Waals surface area contributed by atoms with Crippen LogP contribution in [0.3, 0.4) is 0 Å². The molecular weight excluding hydrogens is 356 g/mol. The number of nitrogens with one attached hydrogen (secondary N) is 1. The molecule has 2 aromatic heterocycles. The largest absolute Gasteiger partial charge is 0.379 e. The van der Waals surface area contributed by atoms with Gasteiger partial charge in [-0.3, -0.25) is 4.79 Å². The molecule has 1 saturated heterocycles. The highest BCUT2D eigenvalue weighted by Gasteiger charge is 2.19. The van der Waals surface area contributed by atoms with E-state index in [0.717, 1.165) is 42.6 Å². The van der Waals surface area contributed by atoms with Crippen LogP contribution in [0.25, 0.3) is 11.0 Å². The molecule has 28 heavy (non-hydrogen) atoms. The molecule has 1 unspecified atom stereocenters. The molecule has 154 valence electrons. The Bertz CT molecular complexity index is 794. The maximum atomic E-state index is 12.8. The van der Waals surface area contributed by atoms with Gasteiger partial charge in [-0.15, -0.1) is 0 Å². The van der Waals surface area contributed by atoms with Gasteiger partial charge < -0.3 is 14.8 Å². The van der Waals surface area contributed by atoms with Crippen LogP contribution >= 0.6 is 0 Å². The molecule has 2 aromatic rings. The van der Waals surface area contributed by atoms with Gasteiger partial charge in [0.25, 0.3) is 5.91 Å². The van der Waals surface area contributed by atoms with Crippen molar-refractivity contribution in [2.24, 2.45) is 0 Å². The number of pyridine rings is 1. The quantitative estimate of drug-likeness (QED) is 0.666. The maximum Gasteiger partial charge on any atom is 0.252 e. The number of ether oxygens (including phenoxy) is 2. The van der Waals surface area contributed by atoms with E-state index in [4.69, 9.17) is 14.5 Å². The van der Waals surface area contributed by atoms with E-state index in [0.29, 0.717) is 25.3 Å². The molecule has 3 heterocycles. The summed E-state index contributed by atoms with van der Waals surface area (Å²) in [5.41, 5.74) is 2.31. The van der Waals surface area contributed by atoms with Crippen LogP contribution in [-0.2, 0) is 9.47 Å². The van der Waals surface area contributed by atoms with Crippen molar-refractivity contribution in [2.75, 3.05) is 26.4 Å². The number of hydrogen-bond acceptors (Lipinski definition) is 5. The van der Waals surface area contributed by atoms with E-state index < -0.39 is 0 Å². The second kappa shape index (κ2) is 9.47. The first kappa shape index (κ1) is 20.7. The first-order chi connectivity index (χ1) is 13.5. The number of rotatable bonds is 9. The van der Waals surface area contributed by atoms with E-state index in [2.05, 4.69) is 38.1 Å². The highest BCUT2D eigenvalue weighted by atomic mass is 16.5. The summed E-state index contributed by atoms with van der Waals surface area (Å²) in [5.74, 6) is 0.148. The van der Waals surface area contributed by atoms with Gasteiger partial charge in [0.15, 0.2) is 5.65 Å². The molecule has 0 spiro atoms. The summed E-state index contributed by atoms with van der Waals surface area (Å²) < 4.78 is 13.1. The van der Waals surface area contributed by atoms with E-state index in [1.165, 1.54) is 0 Å². The summed E-state index contributed by atoms with van der Waals surface area (Å²) in [7, 11) is 0. The lowest BCUT2D eigenvalue weighted by Gasteiger charge is -2.13. The molecule has 1 fully saturated rings. The van der Waals surface area contributed by atoms with Crippen LogP contribution in [0.5, 0.6) is 0 Å². The first-order valence-electron chi connectivity index (χ1n) is 10.3. The topological polar surface area (TPSA) is 78.3 Å². The third-order valence-electron chi connectivity index (χ3n) is 4.99. The first-order valence-corrected chi connectivity index (χ1v) is 10.3. The molecule has 7 nitrogen and oxygen atoms in total. The summed E-state index contributed by atoms with van der Waals surface area (Å²) in [6.45, 7) is 11.0. The lowest BCUT2D eigenvalue weighted by atomic mass is 10.0. The van der Waals surface area contributed by atoms with E-state index in [1.807, 2.05) is 10.7 Å². The zero-order chi connectivity index (χ0) is 20.1. The molecule has 0 aliphatic carbocycles. The van der Waals surface area contributed by atoms with Crippen molar-refractivity contribution in [3.8, 4) is 0 Å². The van der Waals surface area contributed by atoms with E-state index in [9.17, 15) is 4.79 Å². The second-order valence-corrected chi connectivity index (χ2v) is 7.99. The van der Waals surface area contributed by atoms with Gasteiger partial charge in [0.1, 0.15) is 0 Å². The number of aromatic nitrogens is 3. The Morgan fingerprint density at radius 1 is 1.39 bits per heavy atom. The molecule has 3 rings (SSSR count). The summed E-state index contributed by atoms with van der Waals surface area (Å²) in [6.07, 6.45) is 4.96. The number of carbonyl (C=O) groups is 1. The molecule has 0 saturated carbocycles. The molecule has 1 atom stereocenters. The third-order valence-corrected chi connectivity index (χ3v) is 4.99. The minimum absolute atomic E-state index is 0.0864. The summed E-state index contributed by atoms with van der Waals surface area (Å²) >= 11 is 0. The van der Waals surface area contributed by atoms with Crippen molar-refractivity contribution in [1.82, 2.24) is 20.1 Å². The van der Waals surface area contributed by atoms with Gasteiger partial charge in [0.05, 0.1) is 29.9 Å². The third kappa shape index (κ3) is 4.89. The number of fused-ring (bicyclic) bond motifs is 1. The van der Waals surface area contributed by atoms with Crippen molar-refractivity contribution in [3.63, 3.8) is 0 Å². The van der Waals surface area contributed by atoms with Crippen LogP contribution in [0, 0.1) is 0 Å². The molecule has 0 radical (unpaired) electrons. The van der Waals surface area contributed by atoms with Gasteiger partial charge in [0.2, 0.25) is 0 Å². The number of carbonyl (C=O) groups excluding carboxylic acids is 1. The minimum Gasteiger partial charge on any atom is -0.379 e. The number of nitrogens with zero attached hydrogens (tertiary/aromatic N) is 3. The maximum absolute atomic E-state index is 12.8. The Hall–Kier alpha value is -1.99. The highest BCUT2D eigenvalue weighted by Crippen LogP contribution is 2.24. The van der Waals surface area contributed by atoms with Gasteiger partial charge in [-0.2, -0.15) is 5.10 Å². The molecule has 1 amide bonds. The predicted molar refractivity (Wildman–Crippen MR) is 109 cm³/mol. The Morgan fingerprint density at radius 2 is 2.21 bits per heavy atom. The average molecular weight is 389 g/mol. The normalized spacial score (nSPS) is 17.1. The van der Waals surface area contributed by atoms with Crippen LogP contribution in [0.4, 0.5) is 0 Å². The highest BCUT2D eigenvalue weighted by molar-refractivity contribution is 6.05. The van der Waals surface area contributed by atoms with Gasteiger partial charge in [0, 0.05) is 31.5 Å². The van der Waals surface area contributed by atoms with Crippen LogP contribution < -0.4 is 5.32 Å². The van der Waals surface area contributed by atoms with Crippen molar-refractivity contribution in [2.45, 2.75) is 65.0 Å². The van der Waals surface area contributed by atoms with Gasteiger partial charge in [-0.05, 0) is 45.1 Å². The molecule has 7 heteroatoms. The van der Waals surface area contributed by atoms with Crippen LogP contribution in [0.1, 0.15) is 75.0 Å². The smallest absolute Gasteiger partial charge is 0.252 e. The van der Waals surface area contributed by atoms with Gasteiger partial charge in [-0.1, -0.05) is 13.8 Å². The monoisotopic (exact) mass is 388 g/mol. The molecule has 0 aromatic carbocycles. The Kier molecular flexibility index (Phi) is 7.02. The van der Waals surface area contributed by atoms with Crippen LogP contribution in [-0.4, -0.2) is 53.1 Å². The summed E-state index contributed by atoms with van der Waals surface area (Å²) in [5, 5.41) is 8.24. The van der Waals surface area contributed by atoms with Crippen LogP contribution in [0.15, 0.2) is 12.3 Å². The summed E-state index contributed by atoms with van der Waals surface area (Å²) in [4.78, 5) is 17.6. The fourth-order valence-electron chi connectivity index (χ4n) is 3.36.